The molecule has 1 aromatic heterocycles. The third kappa shape index (κ3) is 5.46. The second kappa shape index (κ2) is 10.1. The Hall–Kier alpha value is -3.94. The molecule has 3 amide bonds. The molecule has 164 valence electrons. The molecule has 0 aliphatic rings. The van der Waals surface area contributed by atoms with Crippen LogP contribution in [0.25, 0.3) is 16.2 Å². The number of thiophene rings is 1. The fourth-order valence-corrected chi connectivity index (χ4v) is 4.43. The Kier molecular flexibility index (Phi) is 6.83. The Labute approximate surface area is 198 Å². The van der Waals surface area contributed by atoms with Crippen molar-refractivity contribution in [1.29, 1.82) is 0 Å². The van der Waals surface area contributed by atoms with Gasteiger partial charge in [-0.15, -0.1) is 11.3 Å². The van der Waals surface area contributed by atoms with Crippen LogP contribution >= 0.6 is 22.9 Å². The fourth-order valence-electron chi connectivity index (χ4n) is 3.02. The molecule has 0 saturated heterocycles. The second-order valence-corrected chi connectivity index (χ2v) is 8.39. The van der Waals surface area contributed by atoms with E-state index < -0.39 is 11.8 Å². The van der Waals surface area contributed by atoms with Gasteiger partial charge in [0.1, 0.15) is 4.88 Å². The summed E-state index contributed by atoms with van der Waals surface area (Å²) in [6, 6.07) is 23.2. The minimum Gasteiger partial charge on any atom is -0.321 e. The first kappa shape index (κ1) is 22.3. The van der Waals surface area contributed by atoms with Crippen LogP contribution in [-0.4, -0.2) is 17.7 Å². The van der Waals surface area contributed by atoms with Crippen LogP contribution in [0.3, 0.4) is 0 Å². The van der Waals surface area contributed by atoms with Gasteiger partial charge in [0.05, 0.1) is 5.02 Å². The summed E-state index contributed by atoms with van der Waals surface area (Å²) >= 11 is 7.68. The van der Waals surface area contributed by atoms with E-state index in [1.165, 1.54) is 17.4 Å². The third-order valence-electron chi connectivity index (χ3n) is 4.67. The Morgan fingerprint density at radius 3 is 2.21 bits per heavy atom. The third-order valence-corrected chi connectivity index (χ3v) is 6.35. The molecule has 0 spiro atoms. The van der Waals surface area contributed by atoms with E-state index in [2.05, 4.69) is 16.2 Å². The van der Waals surface area contributed by atoms with Crippen LogP contribution in [0.2, 0.25) is 5.02 Å². The molecule has 0 fully saturated rings. The molecular formula is C25H18ClN3O3S. The van der Waals surface area contributed by atoms with Gasteiger partial charge in [0.2, 0.25) is 0 Å². The van der Waals surface area contributed by atoms with Gasteiger partial charge in [-0.1, -0.05) is 60.1 Å². The van der Waals surface area contributed by atoms with Gasteiger partial charge < -0.3 is 5.32 Å². The van der Waals surface area contributed by atoms with Gasteiger partial charge in [-0.05, 0) is 42.0 Å². The van der Waals surface area contributed by atoms with Crippen LogP contribution in [0, 0.1) is 0 Å². The molecular weight excluding hydrogens is 458 g/mol. The maximum absolute atomic E-state index is 12.6. The number of benzene rings is 3. The van der Waals surface area contributed by atoms with E-state index in [1.54, 1.807) is 30.3 Å². The van der Waals surface area contributed by atoms with Crippen LogP contribution in [0.15, 0.2) is 84.9 Å². The van der Waals surface area contributed by atoms with Gasteiger partial charge in [0.15, 0.2) is 0 Å². The van der Waals surface area contributed by atoms with E-state index >= 15 is 0 Å². The van der Waals surface area contributed by atoms with Crippen molar-refractivity contribution in [2.45, 2.75) is 0 Å². The van der Waals surface area contributed by atoms with Crippen molar-refractivity contribution in [3.63, 3.8) is 0 Å². The molecule has 8 heteroatoms. The quantitative estimate of drug-likeness (QED) is 0.271. The number of carbonyl (C=O) groups is 3. The van der Waals surface area contributed by atoms with Crippen molar-refractivity contribution in [3.05, 3.63) is 106 Å². The summed E-state index contributed by atoms with van der Waals surface area (Å²) in [4.78, 5) is 37.2. The average molecular weight is 476 g/mol. The average Bonchev–Trinajstić information content (AvgIpc) is 3.19. The lowest BCUT2D eigenvalue weighted by Crippen LogP contribution is -2.40. The number of fused-ring (bicyclic) bond motifs is 1. The first-order chi connectivity index (χ1) is 16.0. The lowest BCUT2D eigenvalue weighted by Gasteiger charge is -2.07. The predicted molar refractivity (Wildman–Crippen MR) is 132 cm³/mol. The highest BCUT2D eigenvalue weighted by Gasteiger charge is 2.17. The molecule has 6 nitrogen and oxygen atoms in total. The van der Waals surface area contributed by atoms with E-state index in [-0.39, 0.29) is 5.91 Å². The van der Waals surface area contributed by atoms with Gasteiger partial charge >= 0.3 is 0 Å². The molecule has 0 unspecified atom stereocenters. The SMILES string of the molecule is O=C(/C=C/c1ccccc1)NNC(=O)c1ccc(NC(=O)c2sc3ccccc3c2Cl)cc1. The normalized spacial score (nSPS) is 10.8. The van der Waals surface area contributed by atoms with E-state index in [0.29, 0.717) is 21.2 Å². The van der Waals surface area contributed by atoms with Crippen LogP contribution in [0.4, 0.5) is 5.69 Å². The lowest BCUT2D eigenvalue weighted by atomic mass is 10.2. The number of amides is 3. The van der Waals surface area contributed by atoms with Gasteiger partial charge in [-0.25, -0.2) is 0 Å². The summed E-state index contributed by atoms with van der Waals surface area (Å²) in [5.74, 6) is -1.27. The summed E-state index contributed by atoms with van der Waals surface area (Å²) in [7, 11) is 0. The summed E-state index contributed by atoms with van der Waals surface area (Å²) in [5.41, 5.74) is 6.38. The maximum atomic E-state index is 12.6. The molecule has 4 aromatic rings. The Morgan fingerprint density at radius 2 is 1.48 bits per heavy atom. The van der Waals surface area contributed by atoms with Crippen molar-refractivity contribution in [1.82, 2.24) is 10.9 Å². The molecule has 33 heavy (non-hydrogen) atoms. The highest BCUT2D eigenvalue weighted by molar-refractivity contribution is 7.21. The van der Waals surface area contributed by atoms with Crippen LogP contribution in [0.5, 0.6) is 0 Å². The fraction of sp³-hybridized carbons (Fsp3) is 0. The van der Waals surface area contributed by atoms with Gasteiger partial charge in [-0.3, -0.25) is 25.2 Å². The first-order valence-corrected chi connectivity index (χ1v) is 11.1. The number of nitrogens with one attached hydrogen (secondary N) is 3. The van der Waals surface area contributed by atoms with Crippen LogP contribution in [0.1, 0.15) is 25.6 Å². The zero-order valence-electron chi connectivity index (χ0n) is 17.2. The molecule has 3 N–H and O–H groups in total. The van der Waals surface area contributed by atoms with E-state index in [9.17, 15) is 14.4 Å². The molecule has 0 radical (unpaired) electrons. The number of hydrogen-bond acceptors (Lipinski definition) is 4. The Balaban J connectivity index is 1.33. The van der Waals surface area contributed by atoms with Gasteiger partial charge in [0, 0.05) is 27.4 Å². The molecule has 3 aromatic carbocycles. The summed E-state index contributed by atoms with van der Waals surface area (Å²) in [5, 5.41) is 4.04. The zero-order chi connectivity index (χ0) is 23.2. The molecule has 4 rings (SSSR count). The number of hydrazine groups is 1. The summed E-state index contributed by atoms with van der Waals surface area (Å²) in [6.07, 6.45) is 2.97. The van der Waals surface area contributed by atoms with Crippen LogP contribution < -0.4 is 16.2 Å². The molecule has 0 atom stereocenters. The van der Waals surface area contributed by atoms with Crippen molar-refractivity contribution in [3.8, 4) is 0 Å². The number of rotatable bonds is 5. The maximum Gasteiger partial charge on any atom is 0.269 e. The van der Waals surface area contributed by atoms with Crippen molar-refractivity contribution < 1.29 is 14.4 Å². The van der Waals surface area contributed by atoms with Crippen LogP contribution in [-0.2, 0) is 4.79 Å². The highest BCUT2D eigenvalue weighted by atomic mass is 35.5. The molecule has 1 heterocycles. The lowest BCUT2D eigenvalue weighted by molar-refractivity contribution is -0.117. The van der Waals surface area contributed by atoms with Gasteiger partial charge in [0.25, 0.3) is 17.7 Å². The number of hydrogen-bond donors (Lipinski definition) is 3. The monoisotopic (exact) mass is 475 g/mol. The first-order valence-electron chi connectivity index (χ1n) is 9.93. The molecule has 0 bridgehead atoms. The van der Waals surface area contributed by atoms with Gasteiger partial charge in [-0.2, -0.15) is 0 Å². The number of anilines is 1. The minimum absolute atomic E-state index is 0.320. The summed E-state index contributed by atoms with van der Waals surface area (Å²) < 4.78 is 0.931. The number of halogens is 1. The van der Waals surface area contributed by atoms with Crippen molar-refractivity contribution >= 4 is 62.5 Å². The van der Waals surface area contributed by atoms with E-state index in [0.717, 1.165) is 15.6 Å². The Bertz CT molecular complexity index is 1350. The smallest absolute Gasteiger partial charge is 0.269 e. The largest absolute Gasteiger partial charge is 0.321 e. The number of carbonyl (C=O) groups excluding carboxylic acids is 3. The highest BCUT2D eigenvalue weighted by Crippen LogP contribution is 2.35. The van der Waals surface area contributed by atoms with E-state index in [1.807, 2.05) is 54.6 Å². The zero-order valence-corrected chi connectivity index (χ0v) is 18.7. The topological polar surface area (TPSA) is 87.3 Å². The molecule has 0 aliphatic heterocycles. The molecule has 0 saturated carbocycles. The molecule has 0 aliphatic carbocycles. The Morgan fingerprint density at radius 1 is 0.788 bits per heavy atom. The van der Waals surface area contributed by atoms with Crippen molar-refractivity contribution in [2.75, 3.05) is 5.32 Å². The second-order valence-electron chi connectivity index (χ2n) is 6.96. The van der Waals surface area contributed by atoms with E-state index in [4.69, 9.17) is 11.6 Å². The predicted octanol–water partition coefficient (Wildman–Crippen LogP) is 5.28. The standard InChI is InChI=1S/C25H18ClN3O3S/c26-22-19-8-4-5-9-20(19)33-23(22)25(32)27-18-13-11-17(12-14-18)24(31)29-28-21(30)15-10-16-6-2-1-3-7-16/h1-15H,(H,27,32)(H,28,30)(H,29,31)/b15-10+. The minimum atomic E-state index is -0.484. The van der Waals surface area contributed by atoms with Crippen molar-refractivity contribution in [2.24, 2.45) is 0 Å². The summed E-state index contributed by atoms with van der Waals surface area (Å²) in [6.45, 7) is 0.